The van der Waals surface area contributed by atoms with Crippen molar-refractivity contribution in [1.82, 2.24) is 9.78 Å². The van der Waals surface area contributed by atoms with Gasteiger partial charge in [0.05, 0.1) is 11.9 Å². The second kappa shape index (κ2) is 8.42. The first-order valence-corrected chi connectivity index (χ1v) is 7.89. The summed E-state index contributed by atoms with van der Waals surface area (Å²) in [4.78, 5) is 12.1. The van der Waals surface area contributed by atoms with Gasteiger partial charge in [-0.3, -0.25) is 4.79 Å². The van der Waals surface area contributed by atoms with Crippen molar-refractivity contribution in [3.63, 3.8) is 0 Å². The molecule has 1 aromatic heterocycles. The number of aliphatic hydroxyl groups is 1. The molecule has 0 spiro atoms. The van der Waals surface area contributed by atoms with Crippen LogP contribution in [0.15, 0.2) is 15.5 Å². The summed E-state index contributed by atoms with van der Waals surface area (Å²) in [7, 11) is 0. The summed E-state index contributed by atoms with van der Waals surface area (Å²) >= 11 is 3.35. The van der Waals surface area contributed by atoms with Crippen LogP contribution in [0.4, 0.5) is 5.69 Å². The van der Waals surface area contributed by atoms with Crippen molar-refractivity contribution >= 4 is 21.6 Å². The van der Waals surface area contributed by atoms with Crippen LogP contribution in [0.2, 0.25) is 0 Å². The molecule has 1 rings (SSSR count). The van der Waals surface area contributed by atoms with E-state index in [-0.39, 0.29) is 12.2 Å². The van der Waals surface area contributed by atoms with E-state index in [1.54, 1.807) is 6.20 Å². The zero-order valence-electron chi connectivity index (χ0n) is 12.4. The lowest BCUT2D eigenvalue weighted by atomic mass is 10.0. The van der Waals surface area contributed by atoms with E-state index in [9.17, 15) is 4.79 Å². The van der Waals surface area contributed by atoms with E-state index < -0.39 is 0 Å². The van der Waals surface area contributed by atoms with Gasteiger partial charge < -0.3 is 10.4 Å². The largest absolute Gasteiger partial charge is 0.396 e. The Morgan fingerprint density at radius 3 is 2.75 bits per heavy atom. The molecule has 0 radical (unpaired) electrons. The van der Waals surface area contributed by atoms with Crippen molar-refractivity contribution in [3.05, 3.63) is 21.0 Å². The average molecular weight is 346 g/mol. The number of halogens is 1. The topological polar surface area (TPSA) is 67.2 Å². The first-order valence-electron chi connectivity index (χ1n) is 7.09. The quantitative estimate of drug-likeness (QED) is 0.759. The number of hydrogen-bond acceptors (Lipinski definition) is 4. The highest BCUT2D eigenvalue weighted by molar-refractivity contribution is 9.10. The smallest absolute Gasteiger partial charge is 0.283 e. The second-order valence-electron chi connectivity index (χ2n) is 5.42. The Labute approximate surface area is 128 Å². The summed E-state index contributed by atoms with van der Waals surface area (Å²) in [6, 6.07) is 0. The first kappa shape index (κ1) is 17.2. The molecule has 0 aliphatic carbocycles. The van der Waals surface area contributed by atoms with Crippen LogP contribution in [0.25, 0.3) is 0 Å². The predicted octanol–water partition coefficient (Wildman–Crippen LogP) is 2.48. The molecule has 0 saturated carbocycles. The van der Waals surface area contributed by atoms with Gasteiger partial charge in [-0.1, -0.05) is 27.2 Å². The number of hydrogen-bond donors (Lipinski definition) is 2. The highest BCUT2D eigenvalue weighted by Gasteiger charge is 2.11. The maximum atomic E-state index is 12.1. The molecule has 2 N–H and O–H groups in total. The summed E-state index contributed by atoms with van der Waals surface area (Å²) in [5.41, 5.74) is 0.602. The van der Waals surface area contributed by atoms with Crippen LogP contribution in [0, 0.1) is 11.8 Å². The third-order valence-electron chi connectivity index (χ3n) is 3.22. The predicted molar refractivity (Wildman–Crippen MR) is 85.0 cm³/mol. The minimum Gasteiger partial charge on any atom is -0.396 e. The molecule has 114 valence electrons. The molecular weight excluding hydrogens is 322 g/mol. The van der Waals surface area contributed by atoms with Gasteiger partial charge in [-0.25, -0.2) is 4.68 Å². The molecule has 20 heavy (non-hydrogen) atoms. The first-order chi connectivity index (χ1) is 9.49. The molecule has 5 nitrogen and oxygen atoms in total. The fraction of sp³-hybridized carbons (Fsp3) is 0.714. The van der Waals surface area contributed by atoms with Crippen LogP contribution in [0.3, 0.4) is 0 Å². The van der Waals surface area contributed by atoms with Gasteiger partial charge in [0.25, 0.3) is 5.56 Å². The van der Waals surface area contributed by atoms with E-state index in [1.165, 1.54) is 4.68 Å². The molecule has 1 heterocycles. The number of aromatic nitrogens is 2. The molecule has 1 unspecified atom stereocenters. The van der Waals surface area contributed by atoms with Crippen LogP contribution < -0.4 is 10.9 Å². The standard InChI is InChI=1S/C14H24BrN3O2/c1-4-11(5-6-19)7-16-12-8-17-18(9-10(2)3)14(20)13(12)15/h8,10-11,16,19H,4-7,9H2,1-3H3. The van der Waals surface area contributed by atoms with Gasteiger partial charge >= 0.3 is 0 Å². The highest BCUT2D eigenvalue weighted by atomic mass is 79.9. The van der Waals surface area contributed by atoms with Gasteiger partial charge in [-0.2, -0.15) is 5.10 Å². The molecule has 0 amide bonds. The SMILES string of the molecule is CCC(CCO)CNc1cnn(CC(C)C)c(=O)c1Br. The van der Waals surface area contributed by atoms with Gasteiger partial charge in [0.2, 0.25) is 0 Å². The second-order valence-corrected chi connectivity index (χ2v) is 6.21. The molecule has 0 bridgehead atoms. The van der Waals surface area contributed by atoms with Crippen LogP contribution >= 0.6 is 15.9 Å². The van der Waals surface area contributed by atoms with Gasteiger partial charge in [0.15, 0.2) is 0 Å². The Morgan fingerprint density at radius 2 is 2.20 bits per heavy atom. The van der Waals surface area contributed by atoms with Gasteiger partial charge in [0.1, 0.15) is 4.47 Å². The lowest BCUT2D eigenvalue weighted by Crippen LogP contribution is -2.27. The van der Waals surface area contributed by atoms with Crippen molar-refractivity contribution in [2.45, 2.75) is 40.2 Å². The molecule has 0 saturated heterocycles. The monoisotopic (exact) mass is 345 g/mol. The lowest BCUT2D eigenvalue weighted by Gasteiger charge is -2.16. The number of aliphatic hydroxyl groups excluding tert-OH is 1. The molecule has 0 aliphatic heterocycles. The summed E-state index contributed by atoms with van der Waals surface area (Å²) in [5, 5.41) is 16.4. The molecule has 6 heteroatoms. The highest BCUT2D eigenvalue weighted by Crippen LogP contribution is 2.18. The van der Waals surface area contributed by atoms with Crippen LogP contribution in [-0.2, 0) is 6.54 Å². The van der Waals surface area contributed by atoms with Crippen molar-refractivity contribution in [2.75, 3.05) is 18.5 Å². The average Bonchev–Trinajstić information content (AvgIpc) is 2.41. The molecule has 0 fully saturated rings. The fourth-order valence-electron chi connectivity index (χ4n) is 1.95. The van der Waals surface area contributed by atoms with Gasteiger partial charge in [0, 0.05) is 19.7 Å². The van der Waals surface area contributed by atoms with E-state index in [0.29, 0.717) is 28.5 Å². The number of rotatable bonds is 8. The summed E-state index contributed by atoms with van der Waals surface area (Å²) < 4.78 is 2.00. The van der Waals surface area contributed by atoms with Crippen molar-refractivity contribution in [3.8, 4) is 0 Å². The van der Waals surface area contributed by atoms with Crippen LogP contribution in [0.1, 0.15) is 33.6 Å². The van der Waals surface area contributed by atoms with Crippen molar-refractivity contribution < 1.29 is 5.11 Å². The number of nitrogens with one attached hydrogen (secondary N) is 1. The maximum absolute atomic E-state index is 12.1. The molecule has 0 aromatic carbocycles. The van der Waals surface area contributed by atoms with E-state index >= 15 is 0 Å². The minimum atomic E-state index is -0.112. The van der Waals surface area contributed by atoms with Crippen molar-refractivity contribution in [2.24, 2.45) is 11.8 Å². The zero-order chi connectivity index (χ0) is 15.1. The fourth-order valence-corrected chi connectivity index (χ4v) is 2.40. The molecular formula is C14H24BrN3O2. The normalized spacial score (nSPS) is 12.7. The Balaban J connectivity index is 2.77. The van der Waals surface area contributed by atoms with Crippen LogP contribution in [-0.4, -0.2) is 28.0 Å². The maximum Gasteiger partial charge on any atom is 0.283 e. The third kappa shape index (κ3) is 4.90. The van der Waals surface area contributed by atoms with E-state index in [0.717, 1.165) is 19.4 Å². The Kier molecular flexibility index (Phi) is 7.23. The molecule has 0 aliphatic rings. The molecule has 1 atom stereocenters. The minimum absolute atomic E-state index is 0.112. The van der Waals surface area contributed by atoms with E-state index in [2.05, 4.69) is 47.1 Å². The summed E-state index contributed by atoms with van der Waals surface area (Å²) in [6.45, 7) is 7.72. The van der Waals surface area contributed by atoms with E-state index in [1.807, 2.05) is 0 Å². The Bertz CT molecular complexity index is 474. The van der Waals surface area contributed by atoms with Gasteiger partial charge in [-0.05, 0) is 34.2 Å². The van der Waals surface area contributed by atoms with E-state index in [4.69, 9.17) is 5.11 Å². The number of anilines is 1. The number of nitrogens with zero attached hydrogens (tertiary/aromatic N) is 2. The van der Waals surface area contributed by atoms with Gasteiger partial charge in [-0.15, -0.1) is 0 Å². The van der Waals surface area contributed by atoms with Crippen LogP contribution in [0.5, 0.6) is 0 Å². The third-order valence-corrected chi connectivity index (χ3v) is 3.99. The zero-order valence-corrected chi connectivity index (χ0v) is 14.0. The van der Waals surface area contributed by atoms with Crippen molar-refractivity contribution in [1.29, 1.82) is 0 Å². The summed E-state index contributed by atoms with van der Waals surface area (Å²) in [6.07, 6.45) is 3.43. The summed E-state index contributed by atoms with van der Waals surface area (Å²) in [5.74, 6) is 0.768. The Morgan fingerprint density at radius 1 is 1.50 bits per heavy atom. The molecule has 1 aromatic rings. The Hall–Kier alpha value is -0.880. The lowest BCUT2D eigenvalue weighted by molar-refractivity contribution is 0.258.